The van der Waals surface area contributed by atoms with E-state index in [0.717, 1.165) is 14.7 Å². The van der Waals surface area contributed by atoms with Crippen LogP contribution in [0.15, 0.2) is 18.2 Å². The van der Waals surface area contributed by atoms with Gasteiger partial charge >= 0.3 is 0 Å². The molecule has 0 N–H and O–H groups in total. The first-order valence-electron chi connectivity index (χ1n) is 5.31. The van der Waals surface area contributed by atoms with Crippen molar-refractivity contribution in [1.82, 2.24) is 4.90 Å². The molecule has 0 unspecified atom stereocenters. The summed E-state index contributed by atoms with van der Waals surface area (Å²) >= 11 is 2.23. The van der Waals surface area contributed by atoms with Gasteiger partial charge < -0.3 is 9.64 Å². The quantitative estimate of drug-likeness (QED) is 0.738. The molecule has 0 saturated carbocycles. The molecule has 1 amide bonds. The van der Waals surface area contributed by atoms with Crippen LogP contribution in [-0.4, -0.2) is 37.1 Å². The van der Waals surface area contributed by atoms with Crippen LogP contribution in [0.1, 0.15) is 15.9 Å². The summed E-state index contributed by atoms with van der Waals surface area (Å²) in [6.07, 6.45) is 0. The number of benzene rings is 1. The van der Waals surface area contributed by atoms with Crippen molar-refractivity contribution >= 4 is 28.5 Å². The van der Waals surface area contributed by atoms with Crippen LogP contribution in [0.25, 0.3) is 0 Å². The van der Waals surface area contributed by atoms with Crippen molar-refractivity contribution in [2.45, 2.75) is 6.92 Å². The van der Waals surface area contributed by atoms with Crippen LogP contribution in [0.4, 0.5) is 0 Å². The van der Waals surface area contributed by atoms with E-state index in [1.807, 2.05) is 30.0 Å². The second-order valence-electron chi connectivity index (χ2n) is 3.86. The smallest absolute Gasteiger partial charge is 0.254 e. The van der Waals surface area contributed by atoms with Gasteiger partial charge in [-0.05, 0) is 47.2 Å². The van der Waals surface area contributed by atoms with Crippen LogP contribution in [0.3, 0.4) is 0 Å². The number of morpholine rings is 1. The summed E-state index contributed by atoms with van der Waals surface area (Å²) in [4.78, 5) is 14.1. The average Bonchev–Trinajstić information content (AvgIpc) is 2.32. The lowest BCUT2D eigenvalue weighted by molar-refractivity contribution is 0.0302. The fourth-order valence-electron chi connectivity index (χ4n) is 1.76. The number of carbonyl (C=O) groups is 1. The zero-order chi connectivity index (χ0) is 11.5. The number of carbonyl (C=O) groups excluding carboxylic acids is 1. The lowest BCUT2D eigenvalue weighted by atomic mass is 10.1. The van der Waals surface area contributed by atoms with E-state index in [4.69, 9.17) is 4.74 Å². The van der Waals surface area contributed by atoms with Crippen LogP contribution in [0, 0.1) is 10.5 Å². The molecule has 0 aromatic heterocycles. The van der Waals surface area contributed by atoms with E-state index in [0.29, 0.717) is 26.3 Å². The minimum Gasteiger partial charge on any atom is -0.378 e. The highest BCUT2D eigenvalue weighted by Gasteiger charge is 2.19. The Hall–Kier alpha value is -0.620. The van der Waals surface area contributed by atoms with Crippen molar-refractivity contribution in [3.05, 3.63) is 32.9 Å². The monoisotopic (exact) mass is 331 g/mol. The predicted octanol–water partition coefficient (Wildman–Crippen LogP) is 2.07. The second-order valence-corrected chi connectivity index (χ2v) is 5.11. The third kappa shape index (κ3) is 2.55. The molecular formula is C12H14INO2. The summed E-state index contributed by atoms with van der Waals surface area (Å²) in [5, 5.41) is 0. The normalized spacial score (nSPS) is 16.2. The Morgan fingerprint density at radius 2 is 2.06 bits per heavy atom. The maximum atomic E-state index is 12.2. The number of amides is 1. The zero-order valence-corrected chi connectivity index (χ0v) is 11.4. The Kier molecular flexibility index (Phi) is 3.81. The molecule has 1 aliphatic heterocycles. The second kappa shape index (κ2) is 5.14. The van der Waals surface area contributed by atoms with Gasteiger partial charge in [-0.1, -0.05) is 6.07 Å². The van der Waals surface area contributed by atoms with Gasteiger partial charge in [0.25, 0.3) is 5.91 Å². The highest BCUT2D eigenvalue weighted by molar-refractivity contribution is 14.1. The Labute approximate surface area is 109 Å². The molecule has 0 bridgehead atoms. The minimum atomic E-state index is 0.124. The summed E-state index contributed by atoms with van der Waals surface area (Å²) < 4.78 is 6.34. The first-order chi connectivity index (χ1) is 7.68. The van der Waals surface area contributed by atoms with Crippen LogP contribution in [-0.2, 0) is 4.74 Å². The highest BCUT2D eigenvalue weighted by atomic mass is 127. The van der Waals surface area contributed by atoms with Crippen LogP contribution in [0.2, 0.25) is 0 Å². The summed E-state index contributed by atoms with van der Waals surface area (Å²) in [5.74, 6) is 0.124. The van der Waals surface area contributed by atoms with Crippen molar-refractivity contribution in [1.29, 1.82) is 0 Å². The molecule has 0 atom stereocenters. The van der Waals surface area contributed by atoms with Gasteiger partial charge in [0.2, 0.25) is 0 Å². The standard InChI is InChI=1S/C12H14INO2/c1-9-2-3-10(13)8-11(9)12(15)14-4-6-16-7-5-14/h2-3,8H,4-7H2,1H3. The molecule has 4 heteroatoms. The summed E-state index contributed by atoms with van der Waals surface area (Å²) in [5.41, 5.74) is 1.85. The summed E-state index contributed by atoms with van der Waals surface area (Å²) in [6.45, 7) is 4.67. The van der Waals surface area contributed by atoms with Gasteiger partial charge in [-0.2, -0.15) is 0 Å². The molecule has 1 aromatic rings. The van der Waals surface area contributed by atoms with Crippen molar-refractivity contribution in [3.8, 4) is 0 Å². The van der Waals surface area contributed by atoms with Crippen molar-refractivity contribution in [3.63, 3.8) is 0 Å². The Morgan fingerprint density at radius 1 is 1.38 bits per heavy atom. The number of halogens is 1. The van der Waals surface area contributed by atoms with Gasteiger partial charge in [-0.25, -0.2) is 0 Å². The lowest BCUT2D eigenvalue weighted by Crippen LogP contribution is -2.40. The van der Waals surface area contributed by atoms with Crippen molar-refractivity contribution in [2.75, 3.05) is 26.3 Å². The molecule has 0 spiro atoms. The topological polar surface area (TPSA) is 29.5 Å². The molecule has 1 aliphatic rings. The molecule has 0 aliphatic carbocycles. The van der Waals surface area contributed by atoms with Gasteiger partial charge in [0.05, 0.1) is 13.2 Å². The SMILES string of the molecule is Cc1ccc(I)cc1C(=O)N1CCOCC1. The third-order valence-corrected chi connectivity index (χ3v) is 3.40. The Morgan fingerprint density at radius 3 is 2.75 bits per heavy atom. The summed E-state index contributed by atoms with van der Waals surface area (Å²) in [7, 11) is 0. The van der Waals surface area contributed by atoms with Gasteiger partial charge in [0.15, 0.2) is 0 Å². The molecule has 1 heterocycles. The number of rotatable bonds is 1. The number of hydrogen-bond donors (Lipinski definition) is 0. The van der Waals surface area contributed by atoms with E-state index < -0.39 is 0 Å². The predicted molar refractivity (Wildman–Crippen MR) is 70.6 cm³/mol. The van der Waals surface area contributed by atoms with E-state index in [2.05, 4.69) is 22.6 Å². The maximum Gasteiger partial charge on any atom is 0.254 e. The molecule has 1 fully saturated rings. The Bertz CT molecular complexity index is 400. The molecule has 3 nitrogen and oxygen atoms in total. The van der Waals surface area contributed by atoms with Gasteiger partial charge in [0, 0.05) is 22.2 Å². The van der Waals surface area contributed by atoms with E-state index >= 15 is 0 Å². The fourth-order valence-corrected chi connectivity index (χ4v) is 2.25. The van der Waals surface area contributed by atoms with E-state index in [1.165, 1.54) is 0 Å². The first kappa shape index (κ1) is 11.9. The zero-order valence-electron chi connectivity index (χ0n) is 9.20. The fraction of sp³-hybridized carbons (Fsp3) is 0.417. The number of nitrogens with zero attached hydrogens (tertiary/aromatic N) is 1. The Balaban J connectivity index is 2.22. The minimum absolute atomic E-state index is 0.124. The third-order valence-electron chi connectivity index (χ3n) is 2.73. The lowest BCUT2D eigenvalue weighted by Gasteiger charge is -2.27. The molecule has 86 valence electrons. The first-order valence-corrected chi connectivity index (χ1v) is 6.39. The molecule has 0 radical (unpaired) electrons. The highest BCUT2D eigenvalue weighted by Crippen LogP contribution is 2.16. The van der Waals surface area contributed by atoms with Gasteiger partial charge in [-0.15, -0.1) is 0 Å². The van der Waals surface area contributed by atoms with Crippen LogP contribution >= 0.6 is 22.6 Å². The van der Waals surface area contributed by atoms with Crippen molar-refractivity contribution in [2.24, 2.45) is 0 Å². The molecule has 1 aromatic carbocycles. The number of ether oxygens (including phenoxy) is 1. The van der Waals surface area contributed by atoms with Gasteiger partial charge in [0.1, 0.15) is 0 Å². The maximum absolute atomic E-state index is 12.2. The van der Waals surface area contributed by atoms with Gasteiger partial charge in [-0.3, -0.25) is 4.79 Å². The van der Waals surface area contributed by atoms with Crippen molar-refractivity contribution < 1.29 is 9.53 Å². The van der Waals surface area contributed by atoms with E-state index in [9.17, 15) is 4.79 Å². The number of hydrogen-bond acceptors (Lipinski definition) is 2. The average molecular weight is 331 g/mol. The summed E-state index contributed by atoms with van der Waals surface area (Å²) in [6, 6.07) is 5.97. The van der Waals surface area contributed by atoms with Crippen LogP contribution < -0.4 is 0 Å². The van der Waals surface area contributed by atoms with Crippen LogP contribution in [0.5, 0.6) is 0 Å². The molecule has 2 rings (SSSR count). The molecule has 16 heavy (non-hydrogen) atoms. The largest absolute Gasteiger partial charge is 0.378 e. The molecule has 1 saturated heterocycles. The van der Waals surface area contributed by atoms with E-state index in [-0.39, 0.29) is 5.91 Å². The van der Waals surface area contributed by atoms with E-state index in [1.54, 1.807) is 0 Å². The number of aryl methyl sites for hydroxylation is 1. The molecular weight excluding hydrogens is 317 g/mol.